The molecule has 0 aliphatic carbocycles. The number of nitrogens with one attached hydrogen (secondary N) is 1. The Hall–Kier alpha value is -3.59. The lowest BCUT2D eigenvalue weighted by Crippen LogP contribution is -2.57. The average molecular weight is 539 g/mol. The third-order valence-corrected chi connectivity index (χ3v) is 6.72. The molecule has 0 unspecified atom stereocenters. The number of nitrogens with zero attached hydrogens (tertiary/aromatic N) is 7. The summed E-state index contributed by atoms with van der Waals surface area (Å²) in [6.07, 6.45) is -4.36. The van der Waals surface area contributed by atoms with Gasteiger partial charge in [-0.3, -0.25) is 4.90 Å². The summed E-state index contributed by atoms with van der Waals surface area (Å²) in [6.45, 7) is -0.337. The molecule has 10 nitrogen and oxygen atoms in total. The molecule has 15 heteroatoms. The number of benzene rings is 1. The summed E-state index contributed by atoms with van der Waals surface area (Å²) in [4.78, 5) is 6.07. The molecule has 5 heterocycles. The van der Waals surface area contributed by atoms with Gasteiger partial charge in [0.25, 0.3) is 0 Å². The van der Waals surface area contributed by atoms with Crippen molar-refractivity contribution < 1.29 is 32.8 Å². The van der Waals surface area contributed by atoms with Crippen LogP contribution >= 0.6 is 0 Å². The third-order valence-electron chi connectivity index (χ3n) is 6.72. The van der Waals surface area contributed by atoms with E-state index < -0.39 is 36.8 Å². The number of fused-ring (bicyclic) bond motifs is 2. The number of aromatic nitrogens is 6. The highest BCUT2D eigenvalue weighted by atomic mass is 19.4. The molecule has 38 heavy (non-hydrogen) atoms. The largest absolute Gasteiger partial charge is 0.479 e. The van der Waals surface area contributed by atoms with Crippen LogP contribution in [0.15, 0.2) is 24.4 Å². The Balaban J connectivity index is 1.31. The zero-order chi connectivity index (χ0) is 27.5. The first-order chi connectivity index (χ1) is 18.5. The van der Waals surface area contributed by atoms with Gasteiger partial charge in [0.15, 0.2) is 5.82 Å². The van der Waals surface area contributed by atoms with Gasteiger partial charge in [0, 0.05) is 13.1 Å². The van der Waals surface area contributed by atoms with Crippen molar-refractivity contribution in [2.24, 2.45) is 0 Å². The highest BCUT2D eigenvalue weighted by molar-refractivity contribution is 5.89. The van der Waals surface area contributed by atoms with Gasteiger partial charge in [-0.2, -0.15) is 18.2 Å². The number of ether oxygens (including phenoxy) is 2. The van der Waals surface area contributed by atoms with Gasteiger partial charge in [-0.25, -0.2) is 18.0 Å². The molecule has 2 aliphatic rings. The Morgan fingerprint density at radius 1 is 1.29 bits per heavy atom. The molecule has 1 aromatic carbocycles. The topological polar surface area (TPSA) is 94.6 Å². The Morgan fingerprint density at radius 3 is 2.79 bits per heavy atom. The van der Waals surface area contributed by atoms with E-state index in [1.807, 2.05) is 0 Å². The maximum absolute atomic E-state index is 15.3. The molecule has 0 amide bonds. The van der Waals surface area contributed by atoms with Gasteiger partial charge >= 0.3 is 6.18 Å². The number of likely N-dealkylation sites (tertiary alicyclic amines) is 1. The van der Waals surface area contributed by atoms with Gasteiger partial charge in [0.05, 0.1) is 51.0 Å². The van der Waals surface area contributed by atoms with Gasteiger partial charge in [-0.15, -0.1) is 10.2 Å². The summed E-state index contributed by atoms with van der Waals surface area (Å²) in [5, 5.41) is 14.6. The van der Waals surface area contributed by atoms with Gasteiger partial charge in [0.2, 0.25) is 11.8 Å². The van der Waals surface area contributed by atoms with Crippen LogP contribution in [0.1, 0.15) is 7.79 Å². The van der Waals surface area contributed by atoms with Crippen molar-refractivity contribution in [3.8, 4) is 17.0 Å². The minimum atomic E-state index is -4.52. The molecule has 2 atom stereocenters. The maximum Gasteiger partial charge on any atom is 0.408 e. The lowest BCUT2D eigenvalue weighted by atomic mass is 10.0. The summed E-state index contributed by atoms with van der Waals surface area (Å²) < 4.78 is 90.0. The molecule has 3 aromatic heterocycles. The number of hydrogen-bond donors (Lipinski definition) is 1. The molecule has 4 aromatic rings. The first kappa shape index (κ1) is 23.5. The molecule has 2 saturated heterocycles. The highest BCUT2D eigenvalue weighted by Gasteiger charge is 2.36. The minimum Gasteiger partial charge on any atom is -0.479 e. The molecular weight excluding hydrogens is 515 g/mol. The second-order valence-electron chi connectivity index (χ2n) is 9.22. The van der Waals surface area contributed by atoms with Crippen molar-refractivity contribution in [1.82, 2.24) is 34.5 Å². The van der Waals surface area contributed by atoms with Crippen LogP contribution in [-0.4, -0.2) is 92.3 Å². The molecule has 0 bridgehead atoms. The number of anilines is 1. The second-order valence-corrected chi connectivity index (χ2v) is 9.22. The van der Waals surface area contributed by atoms with Crippen LogP contribution in [-0.2, 0) is 11.3 Å². The van der Waals surface area contributed by atoms with E-state index in [0.717, 1.165) is 6.20 Å². The van der Waals surface area contributed by atoms with E-state index in [0.29, 0.717) is 17.6 Å². The van der Waals surface area contributed by atoms with Crippen molar-refractivity contribution in [1.29, 1.82) is 0 Å². The Bertz CT molecular complexity index is 1540. The van der Waals surface area contributed by atoms with E-state index in [4.69, 9.17) is 10.8 Å². The quantitative estimate of drug-likeness (QED) is 0.374. The van der Waals surface area contributed by atoms with Crippen molar-refractivity contribution in [2.75, 3.05) is 38.7 Å². The van der Waals surface area contributed by atoms with Crippen LogP contribution in [0, 0.1) is 5.82 Å². The number of halogens is 5. The second kappa shape index (κ2) is 9.31. The van der Waals surface area contributed by atoms with E-state index in [2.05, 4.69) is 25.7 Å². The lowest BCUT2D eigenvalue weighted by Gasteiger charge is -2.42. The smallest absolute Gasteiger partial charge is 0.408 e. The van der Waals surface area contributed by atoms with Crippen LogP contribution in [0.3, 0.4) is 0 Å². The fraction of sp³-hybridized carbons (Fsp3) is 0.478. The SMILES string of the molecule is [2H]C1(N2CC[C@H](Nc3nc(OC)c4c(-c5ccc6nnn(CC(F)(F)F)c6c5)c(F)cn4n3)[C@H](F)C2)COC1. The summed E-state index contributed by atoms with van der Waals surface area (Å²) in [7, 11) is 1.33. The van der Waals surface area contributed by atoms with Crippen LogP contribution in [0.4, 0.5) is 27.9 Å². The zero-order valence-corrected chi connectivity index (χ0v) is 20.0. The molecule has 0 radical (unpaired) electrons. The molecule has 202 valence electrons. The normalized spacial score (nSPS) is 22.4. The summed E-state index contributed by atoms with van der Waals surface area (Å²) in [6, 6.07) is 2.76. The Morgan fingerprint density at radius 2 is 2.11 bits per heavy atom. The van der Waals surface area contributed by atoms with Crippen LogP contribution in [0.5, 0.6) is 5.88 Å². The fourth-order valence-electron chi connectivity index (χ4n) is 4.80. The Labute approximate surface area is 213 Å². The fourth-order valence-corrected chi connectivity index (χ4v) is 4.80. The van der Waals surface area contributed by atoms with Crippen LogP contribution in [0.25, 0.3) is 27.7 Å². The van der Waals surface area contributed by atoms with Gasteiger partial charge < -0.3 is 14.8 Å². The van der Waals surface area contributed by atoms with E-state index in [1.54, 1.807) is 4.90 Å². The molecule has 1 N–H and O–H groups in total. The molecule has 0 saturated carbocycles. The molecular formula is C23H23F5N8O2. The standard InChI is InChI=1S/C23H23F5N8O2/c1-37-21-20-19(12-2-3-17-18(6-12)36(33-31-17)11-23(26,27)28)15(25)8-35(20)32-22(30-21)29-16-4-5-34(7-14(16)24)13-9-38-10-13/h2-3,6,8,13-14,16H,4-5,7,9-11H2,1H3,(H,29,32)/t14-,16+/m1/s1/i13D. The summed E-state index contributed by atoms with van der Waals surface area (Å²) in [5.74, 6) is -0.718. The van der Waals surface area contributed by atoms with Crippen molar-refractivity contribution >= 4 is 22.5 Å². The van der Waals surface area contributed by atoms with E-state index in [1.165, 1.54) is 29.8 Å². The molecule has 2 aliphatic heterocycles. The molecule has 6 rings (SSSR count). The highest BCUT2D eigenvalue weighted by Crippen LogP contribution is 2.36. The van der Waals surface area contributed by atoms with Crippen molar-refractivity contribution in [3.63, 3.8) is 0 Å². The first-order valence-electron chi connectivity index (χ1n) is 12.3. The van der Waals surface area contributed by atoms with Gasteiger partial charge in [0.1, 0.15) is 23.7 Å². The lowest BCUT2D eigenvalue weighted by molar-refractivity contribution is -0.142. The first-order valence-corrected chi connectivity index (χ1v) is 11.8. The van der Waals surface area contributed by atoms with E-state index >= 15 is 8.78 Å². The average Bonchev–Trinajstić information content (AvgIpc) is 3.41. The monoisotopic (exact) mass is 539 g/mol. The Kier molecular flexibility index (Phi) is 5.76. The molecule has 0 spiro atoms. The van der Waals surface area contributed by atoms with Crippen LogP contribution < -0.4 is 10.1 Å². The molecule has 2 fully saturated rings. The van der Waals surface area contributed by atoms with Crippen molar-refractivity contribution in [3.05, 3.63) is 30.2 Å². The summed E-state index contributed by atoms with van der Waals surface area (Å²) >= 11 is 0. The predicted octanol–water partition coefficient (Wildman–Crippen LogP) is 3.07. The summed E-state index contributed by atoms with van der Waals surface area (Å²) in [5.41, 5.74) is 0.693. The maximum atomic E-state index is 15.3. The van der Waals surface area contributed by atoms with Gasteiger partial charge in [-0.05, 0) is 24.1 Å². The number of methoxy groups -OCH3 is 1. The number of hydrogen-bond acceptors (Lipinski definition) is 8. The zero-order valence-electron chi connectivity index (χ0n) is 21.0. The number of rotatable bonds is 6. The van der Waals surface area contributed by atoms with Crippen molar-refractivity contribution in [2.45, 2.75) is 37.4 Å². The number of alkyl halides is 4. The van der Waals surface area contributed by atoms with E-state index in [9.17, 15) is 13.2 Å². The van der Waals surface area contributed by atoms with Gasteiger partial charge in [-0.1, -0.05) is 11.3 Å². The van der Waals surface area contributed by atoms with Crippen LogP contribution in [0.2, 0.25) is 0 Å². The third kappa shape index (κ3) is 4.49. The predicted molar refractivity (Wildman–Crippen MR) is 125 cm³/mol. The van der Waals surface area contributed by atoms with E-state index in [-0.39, 0.29) is 59.3 Å². The number of piperidine rings is 1. The minimum absolute atomic E-state index is 0.0115.